The van der Waals surface area contributed by atoms with Crippen LogP contribution >= 0.6 is 27.7 Å². The third-order valence-corrected chi connectivity index (χ3v) is 5.26. The van der Waals surface area contributed by atoms with E-state index in [4.69, 9.17) is 0 Å². The zero-order chi connectivity index (χ0) is 15.3. The Kier molecular flexibility index (Phi) is 5.72. The fourth-order valence-corrected chi connectivity index (χ4v) is 3.67. The second kappa shape index (κ2) is 7.33. The quantitative estimate of drug-likeness (QED) is 0.860. The molecule has 0 aliphatic carbocycles. The molecule has 21 heavy (non-hydrogen) atoms. The lowest BCUT2D eigenvalue weighted by Gasteiger charge is -2.25. The van der Waals surface area contributed by atoms with Crippen LogP contribution in [0.2, 0.25) is 0 Å². The van der Waals surface area contributed by atoms with Crippen LogP contribution in [-0.4, -0.2) is 43.9 Å². The van der Waals surface area contributed by atoms with E-state index in [1.165, 1.54) is 11.0 Å². The molecule has 1 heterocycles. The number of hydrogen-bond donors (Lipinski definition) is 1. The Hall–Kier alpha value is -0.990. The number of thioether (sulfide) groups is 1. The van der Waals surface area contributed by atoms with Crippen LogP contribution in [0, 0.1) is 0 Å². The van der Waals surface area contributed by atoms with Crippen molar-refractivity contribution in [2.75, 3.05) is 24.6 Å². The van der Waals surface area contributed by atoms with Crippen LogP contribution in [0.4, 0.5) is 4.79 Å². The third kappa shape index (κ3) is 5.37. The maximum absolute atomic E-state index is 11.9. The first-order valence-corrected chi connectivity index (χ1v) is 9.79. The zero-order valence-corrected chi connectivity index (χ0v) is 14.4. The number of nitrogens with zero attached hydrogens (tertiary/aromatic N) is 1. The lowest BCUT2D eigenvalue weighted by atomic mass is 10.2. The standard InChI is InChI=1S/C13H15BrN2O3S2/c14-12-3-1-11(2-4-12)5-10-21(18,19)15-13(17)16-6-8-20-9-7-16/h1-5,10H,6-9H2,(H,15,17). The lowest BCUT2D eigenvalue weighted by molar-refractivity contribution is 0.209. The molecule has 0 saturated carbocycles. The van der Waals surface area contributed by atoms with Crippen LogP contribution in [0.25, 0.3) is 6.08 Å². The van der Waals surface area contributed by atoms with Gasteiger partial charge in [0, 0.05) is 29.1 Å². The van der Waals surface area contributed by atoms with Crippen LogP contribution in [0.15, 0.2) is 34.1 Å². The number of carbonyl (C=O) groups is 1. The van der Waals surface area contributed by atoms with E-state index in [1.807, 2.05) is 12.1 Å². The van der Waals surface area contributed by atoms with Crippen LogP contribution in [0.5, 0.6) is 0 Å². The summed E-state index contributed by atoms with van der Waals surface area (Å²) in [6, 6.07) is 6.63. The predicted molar refractivity (Wildman–Crippen MR) is 89.5 cm³/mol. The average molecular weight is 391 g/mol. The highest BCUT2D eigenvalue weighted by Crippen LogP contribution is 2.12. The van der Waals surface area contributed by atoms with E-state index in [0.717, 1.165) is 26.9 Å². The highest BCUT2D eigenvalue weighted by Gasteiger charge is 2.20. The van der Waals surface area contributed by atoms with E-state index in [2.05, 4.69) is 20.7 Å². The molecule has 0 spiro atoms. The van der Waals surface area contributed by atoms with Crippen molar-refractivity contribution in [3.63, 3.8) is 0 Å². The van der Waals surface area contributed by atoms with E-state index in [0.29, 0.717) is 13.1 Å². The number of benzene rings is 1. The van der Waals surface area contributed by atoms with Crippen molar-refractivity contribution in [2.45, 2.75) is 0 Å². The first kappa shape index (κ1) is 16.4. The number of carbonyl (C=O) groups excluding carboxylic acids is 1. The number of hydrogen-bond acceptors (Lipinski definition) is 4. The molecule has 0 bridgehead atoms. The van der Waals surface area contributed by atoms with Gasteiger partial charge in [-0.05, 0) is 23.8 Å². The van der Waals surface area contributed by atoms with Crippen LogP contribution in [0.1, 0.15) is 5.56 Å². The maximum Gasteiger partial charge on any atom is 0.331 e. The predicted octanol–water partition coefficient (Wildman–Crippen LogP) is 2.51. The van der Waals surface area contributed by atoms with Crippen molar-refractivity contribution in [1.82, 2.24) is 9.62 Å². The van der Waals surface area contributed by atoms with Crippen LogP contribution in [0.3, 0.4) is 0 Å². The molecular weight excluding hydrogens is 376 g/mol. The number of halogens is 1. The summed E-state index contributed by atoms with van der Waals surface area (Å²) in [6.07, 6.45) is 1.45. The van der Waals surface area contributed by atoms with E-state index in [1.54, 1.807) is 23.9 Å². The molecule has 0 aromatic heterocycles. The molecule has 5 nitrogen and oxygen atoms in total. The van der Waals surface area contributed by atoms with Gasteiger partial charge < -0.3 is 4.90 Å². The first-order chi connectivity index (χ1) is 9.96. The summed E-state index contributed by atoms with van der Waals surface area (Å²) < 4.78 is 26.7. The van der Waals surface area contributed by atoms with Crippen LogP contribution in [-0.2, 0) is 10.0 Å². The molecule has 114 valence electrons. The molecule has 0 unspecified atom stereocenters. The van der Waals surface area contributed by atoms with Gasteiger partial charge >= 0.3 is 6.03 Å². The minimum Gasteiger partial charge on any atom is -0.322 e. The Bertz CT molecular complexity index is 623. The van der Waals surface area contributed by atoms with Gasteiger partial charge in [0.25, 0.3) is 10.0 Å². The van der Waals surface area contributed by atoms with Crippen molar-refractivity contribution >= 4 is 49.8 Å². The molecule has 1 saturated heterocycles. The summed E-state index contributed by atoms with van der Waals surface area (Å²) in [5, 5.41) is 1.01. The first-order valence-electron chi connectivity index (χ1n) is 6.29. The molecule has 1 N–H and O–H groups in total. The van der Waals surface area contributed by atoms with Gasteiger partial charge in [-0.25, -0.2) is 17.9 Å². The molecule has 1 fully saturated rings. The molecular formula is C13H15BrN2O3S2. The van der Waals surface area contributed by atoms with Gasteiger partial charge in [-0.2, -0.15) is 11.8 Å². The Morgan fingerprint density at radius 3 is 2.48 bits per heavy atom. The van der Waals surface area contributed by atoms with Gasteiger partial charge in [-0.1, -0.05) is 28.1 Å². The Balaban J connectivity index is 1.97. The summed E-state index contributed by atoms with van der Waals surface area (Å²) in [5.74, 6) is 1.67. The van der Waals surface area contributed by atoms with Gasteiger partial charge in [-0.3, -0.25) is 0 Å². The summed E-state index contributed by atoms with van der Waals surface area (Å²) in [6.45, 7) is 1.14. The fourth-order valence-electron chi connectivity index (χ4n) is 1.73. The van der Waals surface area contributed by atoms with E-state index in [-0.39, 0.29) is 0 Å². The molecule has 1 aliphatic rings. The number of amides is 2. The van der Waals surface area contributed by atoms with Gasteiger partial charge in [-0.15, -0.1) is 0 Å². The topological polar surface area (TPSA) is 66.5 Å². The average Bonchev–Trinajstić information content (AvgIpc) is 2.47. The minimum absolute atomic E-state index is 0.559. The molecule has 2 amide bonds. The lowest BCUT2D eigenvalue weighted by Crippen LogP contribution is -2.45. The van der Waals surface area contributed by atoms with Crippen LogP contribution < -0.4 is 4.72 Å². The molecule has 1 aromatic carbocycles. The zero-order valence-electron chi connectivity index (χ0n) is 11.2. The number of nitrogens with one attached hydrogen (secondary N) is 1. The van der Waals surface area contributed by atoms with Crippen molar-refractivity contribution in [3.8, 4) is 0 Å². The molecule has 2 rings (SSSR count). The number of sulfonamides is 1. The summed E-state index contributed by atoms with van der Waals surface area (Å²) >= 11 is 5.06. The van der Waals surface area contributed by atoms with Gasteiger partial charge in [0.05, 0.1) is 5.41 Å². The minimum atomic E-state index is -3.78. The van der Waals surface area contributed by atoms with Gasteiger partial charge in [0.15, 0.2) is 0 Å². The van der Waals surface area contributed by atoms with Crippen molar-refractivity contribution in [3.05, 3.63) is 39.7 Å². The number of urea groups is 1. The summed E-state index contributed by atoms with van der Waals surface area (Å²) in [7, 11) is -3.78. The summed E-state index contributed by atoms with van der Waals surface area (Å²) in [5.41, 5.74) is 0.741. The highest BCUT2D eigenvalue weighted by molar-refractivity contribution is 9.10. The van der Waals surface area contributed by atoms with E-state index >= 15 is 0 Å². The maximum atomic E-state index is 11.9. The molecule has 0 atom stereocenters. The fraction of sp³-hybridized carbons (Fsp3) is 0.308. The van der Waals surface area contributed by atoms with E-state index < -0.39 is 16.1 Å². The van der Waals surface area contributed by atoms with E-state index in [9.17, 15) is 13.2 Å². The van der Waals surface area contributed by atoms with Crippen molar-refractivity contribution in [2.24, 2.45) is 0 Å². The molecule has 1 aliphatic heterocycles. The normalized spacial score (nSPS) is 16.1. The Morgan fingerprint density at radius 1 is 1.24 bits per heavy atom. The van der Waals surface area contributed by atoms with Crippen molar-refractivity contribution < 1.29 is 13.2 Å². The smallest absolute Gasteiger partial charge is 0.322 e. The van der Waals surface area contributed by atoms with Gasteiger partial charge in [0.2, 0.25) is 0 Å². The summed E-state index contributed by atoms with van der Waals surface area (Å²) in [4.78, 5) is 13.4. The molecule has 8 heteroatoms. The molecule has 0 radical (unpaired) electrons. The SMILES string of the molecule is O=C(NS(=O)(=O)C=Cc1ccc(Br)cc1)N1CCSCC1. The second-order valence-corrected chi connectivity index (χ2v) is 8.11. The largest absolute Gasteiger partial charge is 0.331 e. The highest BCUT2D eigenvalue weighted by atomic mass is 79.9. The Morgan fingerprint density at radius 2 is 1.86 bits per heavy atom. The number of rotatable bonds is 3. The second-order valence-electron chi connectivity index (χ2n) is 4.41. The monoisotopic (exact) mass is 390 g/mol. The van der Waals surface area contributed by atoms with Crippen molar-refractivity contribution in [1.29, 1.82) is 0 Å². The van der Waals surface area contributed by atoms with Gasteiger partial charge in [0.1, 0.15) is 0 Å². The Labute approximate surface area is 137 Å². The molecule has 1 aromatic rings. The third-order valence-electron chi connectivity index (χ3n) is 2.84.